The predicted octanol–water partition coefficient (Wildman–Crippen LogP) is 1.27. The number of rotatable bonds is 7. The van der Waals surface area contributed by atoms with Crippen LogP contribution < -0.4 is 10.6 Å². The molecule has 3 N–H and O–H groups in total. The first-order valence-corrected chi connectivity index (χ1v) is 7.31. The molecule has 2 rings (SSSR count). The predicted molar refractivity (Wildman–Crippen MR) is 83.9 cm³/mol. The largest absolute Gasteiger partial charge is 0.381 e. The number of ether oxygens (including phenoxy) is 1. The van der Waals surface area contributed by atoms with Crippen LogP contribution in [0, 0.1) is 5.92 Å². The quantitative estimate of drug-likeness (QED) is 0.662. The van der Waals surface area contributed by atoms with Crippen molar-refractivity contribution in [3.63, 3.8) is 0 Å². The van der Waals surface area contributed by atoms with Crippen LogP contribution in [0.2, 0.25) is 0 Å². The van der Waals surface area contributed by atoms with Crippen LogP contribution in [0.15, 0.2) is 0 Å². The first-order valence-electron chi connectivity index (χ1n) is 7.31. The molecule has 21 heavy (non-hydrogen) atoms. The number of H-pyrrole nitrogens is 1. The smallest absolute Gasteiger partial charge is 0.272 e. The van der Waals surface area contributed by atoms with Crippen molar-refractivity contribution in [3.8, 4) is 0 Å². The number of halogens is 1. The zero-order chi connectivity index (χ0) is 14.4. The number of amides is 1. The first kappa shape index (κ1) is 17.9. The average molecular weight is 317 g/mol. The summed E-state index contributed by atoms with van der Waals surface area (Å²) in [5.41, 5.74) is 2.61. The SMILES string of the molecule is CC(C)COCCCNC(=O)c1n[nH]c2c1CNCC2.Cl. The summed E-state index contributed by atoms with van der Waals surface area (Å²) in [6, 6.07) is 0. The Bertz CT molecular complexity index is 448. The van der Waals surface area contributed by atoms with Crippen LogP contribution >= 0.6 is 12.4 Å². The Labute approximate surface area is 131 Å². The minimum Gasteiger partial charge on any atom is -0.381 e. The van der Waals surface area contributed by atoms with Gasteiger partial charge in [-0.15, -0.1) is 12.4 Å². The van der Waals surface area contributed by atoms with Crippen molar-refractivity contribution in [2.45, 2.75) is 33.2 Å². The van der Waals surface area contributed by atoms with Crippen molar-refractivity contribution in [1.29, 1.82) is 0 Å². The molecule has 2 heterocycles. The fourth-order valence-corrected chi connectivity index (χ4v) is 2.19. The van der Waals surface area contributed by atoms with Gasteiger partial charge in [-0.2, -0.15) is 5.10 Å². The van der Waals surface area contributed by atoms with E-state index in [1.165, 1.54) is 0 Å². The number of carbonyl (C=O) groups is 1. The maximum absolute atomic E-state index is 12.1. The van der Waals surface area contributed by atoms with Crippen molar-refractivity contribution in [2.75, 3.05) is 26.3 Å². The number of hydrogen-bond acceptors (Lipinski definition) is 4. The van der Waals surface area contributed by atoms with Crippen molar-refractivity contribution in [3.05, 3.63) is 17.0 Å². The summed E-state index contributed by atoms with van der Waals surface area (Å²) < 4.78 is 5.48. The molecule has 0 bridgehead atoms. The fourth-order valence-electron chi connectivity index (χ4n) is 2.19. The lowest BCUT2D eigenvalue weighted by Gasteiger charge is -2.12. The average Bonchev–Trinajstić information content (AvgIpc) is 2.86. The normalized spacial score (nSPS) is 13.7. The van der Waals surface area contributed by atoms with Crippen molar-refractivity contribution < 1.29 is 9.53 Å². The van der Waals surface area contributed by atoms with Gasteiger partial charge in [0.05, 0.1) is 0 Å². The van der Waals surface area contributed by atoms with Gasteiger partial charge in [-0.3, -0.25) is 9.89 Å². The molecule has 0 atom stereocenters. The van der Waals surface area contributed by atoms with Crippen LogP contribution in [0.4, 0.5) is 0 Å². The molecule has 0 fully saturated rings. The molecule has 1 aliphatic rings. The molecule has 1 aliphatic heterocycles. The van der Waals surface area contributed by atoms with Gasteiger partial charge in [0.1, 0.15) is 0 Å². The van der Waals surface area contributed by atoms with E-state index in [0.29, 0.717) is 31.3 Å². The summed E-state index contributed by atoms with van der Waals surface area (Å²) in [4.78, 5) is 12.1. The van der Waals surface area contributed by atoms with Gasteiger partial charge in [-0.1, -0.05) is 13.8 Å². The van der Waals surface area contributed by atoms with E-state index in [2.05, 4.69) is 34.7 Å². The molecule has 1 amide bonds. The minimum absolute atomic E-state index is 0. The summed E-state index contributed by atoms with van der Waals surface area (Å²) in [7, 11) is 0. The van der Waals surface area contributed by atoms with Gasteiger partial charge in [-0.05, 0) is 12.3 Å². The molecule has 0 radical (unpaired) electrons. The monoisotopic (exact) mass is 316 g/mol. The van der Waals surface area contributed by atoms with E-state index in [9.17, 15) is 4.79 Å². The van der Waals surface area contributed by atoms with Crippen LogP contribution in [0.1, 0.15) is 42.0 Å². The fraction of sp³-hybridized carbons (Fsp3) is 0.714. The second kappa shape index (κ2) is 9.02. The van der Waals surface area contributed by atoms with Crippen molar-refractivity contribution in [2.24, 2.45) is 5.92 Å². The Morgan fingerprint density at radius 1 is 1.48 bits per heavy atom. The highest BCUT2D eigenvalue weighted by atomic mass is 35.5. The number of aromatic nitrogens is 2. The summed E-state index contributed by atoms with van der Waals surface area (Å²) in [6.07, 6.45) is 1.72. The first-order chi connectivity index (χ1) is 9.68. The molecule has 1 aromatic rings. The number of carbonyl (C=O) groups excluding carboxylic acids is 1. The Balaban J connectivity index is 0.00000220. The highest BCUT2D eigenvalue weighted by Crippen LogP contribution is 2.14. The lowest BCUT2D eigenvalue weighted by Crippen LogP contribution is -2.29. The van der Waals surface area contributed by atoms with E-state index < -0.39 is 0 Å². The van der Waals surface area contributed by atoms with Gasteiger partial charge in [0, 0.05) is 50.5 Å². The van der Waals surface area contributed by atoms with Crippen LogP contribution in [0.25, 0.3) is 0 Å². The Morgan fingerprint density at radius 2 is 2.29 bits per heavy atom. The summed E-state index contributed by atoms with van der Waals surface area (Å²) in [5, 5.41) is 13.2. The van der Waals surface area contributed by atoms with Crippen LogP contribution in [0.3, 0.4) is 0 Å². The Morgan fingerprint density at radius 3 is 3.05 bits per heavy atom. The molecule has 0 unspecified atom stereocenters. The molecular formula is C14H25ClN4O2. The van der Waals surface area contributed by atoms with E-state index in [4.69, 9.17) is 4.74 Å². The van der Waals surface area contributed by atoms with Gasteiger partial charge in [0.25, 0.3) is 5.91 Å². The molecule has 120 valence electrons. The van der Waals surface area contributed by atoms with E-state index in [1.54, 1.807) is 0 Å². The van der Waals surface area contributed by atoms with Gasteiger partial charge in [0.2, 0.25) is 0 Å². The summed E-state index contributed by atoms with van der Waals surface area (Å²) in [5.74, 6) is 0.447. The Hall–Kier alpha value is -1.11. The molecule has 0 saturated heterocycles. The van der Waals surface area contributed by atoms with Crippen molar-refractivity contribution in [1.82, 2.24) is 20.8 Å². The van der Waals surface area contributed by atoms with Crippen LogP contribution in [-0.2, 0) is 17.7 Å². The maximum atomic E-state index is 12.1. The molecule has 0 aromatic carbocycles. The summed E-state index contributed by atoms with van der Waals surface area (Å²) >= 11 is 0. The standard InChI is InChI=1S/C14H24N4O2.ClH/c1-10(2)9-20-7-3-5-16-14(19)13-11-8-15-6-4-12(11)17-18-13;/h10,15H,3-9H2,1-2H3,(H,16,19)(H,17,18);1H. The number of nitrogens with one attached hydrogen (secondary N) is 3. The maximum Gasteiger partial charge on any atom is 0.272 e. The van der Waals surface area contributed by atoms with E-state index in [-0.39, 0.29) is 18.3 Å². The lowest BCUT2D eigenvalue weighted by atomic mass is 10.1. The second-order valence-electron chi connectivity index (χ2n) is 5.53. The van der Waals surface area contributed by atoms with Crippen LogP contribution in [0.5, 0.6) is 0 Å². The number of nitrogens with zero attached hydrogens (tertiary/aromatic N) is 1. The zero-order valence-corrected chi connectivity index (χ0v) is 13.5. The second-order valence-corrected chi connectivity index (χ2v) is 5.53. The highest BCUT2D eigenvalue weighted by Gasteiger charge is 2.20. The summed E-state index contributed by atoms with van der Waals surface area (Å²) in [6.45, 7) is 7.96. The van der Waals surface area contributed by atoms with Gasteiger partial charge >= 0.3 is 0 Å². The third-order valence-corrected chi connectivity index (χ3v) is 3.22. The molecule has 0 aliphatic carbocycles. The molecule has 1 aromatic heterocycles. The molecule has 0 saturated carbocycles. The number of hydrogen-bond donors (Lipinski definition) is 3. The van der Waals surface area contributed by atoms with E-state index in [1.807, 2.05) is 0 Å². The number of fused-ring (bicyclic) bond motifs is 1. The minimum atomic E-state index is -0.102. The third kappa shape index (κ3) is 5.30. The van der Waals surface area contributed by atoms with Crippen LogP contribution in [-0.4, -0.2) is 42.4 Å². The molecule has 6 nitrogen and oxygen atoms in total. The van der Waals surface area contributed by atoms with E-state index >= 15 is 0 Å². The Kier molecular flexibility index (Phi) is 7.71. The molecular weight excluding hydrogens is 292 g/mol. The molecule has 7 heteroatoms. The zero-order valence-electron chi connectivity index (χ0n) is 12.7. The van der Waals surface area contributed by atoms with Gasteiger partial charge < -0.3 is 15.4 Å². The van der Waals surface area contributed by atoms with Crippen molar-refractivity contribution >= 4 is 18.3 Å². The lowest BCUT2D eigenvalue weighted by molar-refractivity contribution is 0.0919. The third-order valence-electron chi connectivity index (χ3n) is 3.22. The van der Waals surface area contributed by atoms with Gasteiger partial charge in [0.15, 0.2) is 5.69 Å². The highest BCUT2D eigenvalue weighted by molar-refractivity contribution is 5.94. The molecule has 0 spiro atoms. The van der Waals surface area contributed by atoms with E-state index in [0.717, 1.165) is 37.3 Å². The number of aromatic amines is 1. The van der Waals surface area contributed by atoms with Gasteiger partial charge in [-0.25, -0.2) is 0 Å². The topological polar surface area (TPSA) is 79.0 Å².